The fourth-order valence-electron chi connectivity index (χ4n) is 4.86. The number of ether oxygens (including phenoxy) is 1. The van der Waals surface area contributed by atoms with Crippen molar-refractivity contribution in [2.75, 3.05) is 12.0 Å². The third-order valence-electron chi connectivity index (χ3n) is 6.89. The van der Waals surface area contributed by atoms with Crippen molar-refractivity contribution in [1.29, 1.82) is 0 Å². The van der Waals surface area contributed by atoms with Crippen molar-refractivity contribution in [1.82, 2.24) is 4.57 Å². The molecular formula is C30H32N2O3. The van der Waals surface area contributed by atoms with Gasteiger partial charge in [-0.2, -0.15) is 0 Å². The van der Waals surface area contributed by atoms with Gasteiger partial charge in [0.15, 0.2) is 0 Å². The molecule has 5 heteroatoms. The quantitative estimate of drug-likeness (QED) is 0.260. The van der Waals surface area contributed by atoms with Crippen molar-refractivity contribution in [2.45, 2.75) is 48.5 Å². The molecule has 0 unspecified atom stereocenters. The smallest absolute Gasteiger partial charge is 0.343 e. The maximum Gasteiger partial charge on any atom is 0.343 e. The van der Waals surface area contributed by atoms with E-state index in [-0.39, 0.29) is 11.4 Å². The first-order valence-corrected chi connectivity index (χ1v) is 11.7. The van der Waals surface area contributed by atoms with Crippen LogP contribution in [0.3, 0.4) is 0 Å². The Balaban J connectivity index is 1.89. The minimum absolute atomic E-state index is 0.0696. The van der Waals surface area contributed by atoms with Crippen molar-refractivity contribution in [2.24, 2.45) is 0 Å². The van der Waals surface area contributed by atoms with Crippen LogP contribution in [0.15, 0.2) is 59.4 Å². The summed E-state index contributed by atoms with van der Waals surface area (Å²) in [7, 11) is 1.30. The molecule has 0 aliphatic carbocycles. The summed E-state index contributed by atoms with van der Waals surface area (Å²) in [6, 6.07) is 14.5. The number of Topliss-reactive ketones (excluding diaryl/α,β-unsaturated/α-hetero) is 1. The molecule has 35 heavy (non-hydrogen) atoms. The lowest BCUT2D eigenvalue weighted by Crippen LogP contribution is -2.18. The maximum atomic E-state index is 13.5. The van der Waals surface area contributed by atoms with Crippen molar-refractivity contribution in [3.8, 4) is 5.69 Å². The Bertz CT molecular complexity index is 1440. The average Bonchev–Trinajstić information content (AvgIpc) is 3.21. The Morgan fingerprint density at radius 1 is 0.857 bits per heavy atom. The summed E-state index contributed by atoms with van der Waals surface area (Å²) in [5, 5.41) is 0. The second kappa shape index (κ2) is 9.06. The number of hydrogen-bond acceptors (Lipinski definition) is 4. The summed E-state index contributed by atoms with van der Waals surface area (Å²) >= 11 is 0. The summed E-state index contributed by atoms with van der Waals surface area (Å²) in [6.45, 7) is 14.2. The molecule has 4 rings (SSSR count). The van der Waals surface area contributed by atoms with Crippen molar-refractivity contribution in [3.05, 3.63) is 98.6 Å². The summed E-state index contributed by atoms with van der Waals surface area (Å²) < 4.78 is 7.16. The molecule has 0 amide bonds. The van der Waals surface area contributed by atoms with Crippen LogP contribution in [0.4, 0.5) is 5.69 Å². The number of anilines is 1. The number of allylic oxidation sites excluding steroid dienone is 2. The Labute approximate surface area is 207 Å². The molecule has 0 fully saturated rings. The van der Waals surface area contributed by atoms with Gasteiger partial charge in [-0.05, 0) is 101 Å². The van der Waals surface area contributed by atoms with Crippen LogP contribution in [0.25, 0.3) is 11.8 Å². The molecular weight excluding hydrogens is 436 g/mol. The van der Waals surface area contributed by atoms with Crippen LogP contribution in [0.2, 0.25) is 0 Å². The van der Waals surface area contributed by atoms with Crippen LogP contribution in [-0.2, 0) is 14.3 Å². The number of carbonyl (C=O) groups excluding carboxylic acids is 2. The minimum atomic E-state index is -0.620. The van der Waals surface area contributed by atoms with E-state index in [9.17, 15) is 9.59 Å². The average molecular weight is 469 g/mol. The summed E-state index contributed by atoms with van der Waals surface area (Å²) in [5.74, 6) is -0.950. The molecule has 180 valence electrons. The van der Waals surface area contributed by atoms with Gasteiger partial charge < -0.3 is 14.2 Å². The Hall–Kier alpha value is -3.86. The van der Waals surface area contributed by atoms with Crippen LogP contribution in [0.1, 0.15) is 46.1 Å². The normalized spacial score (nSPS) is 14.9. The monoisotopic (exact) mass is 468 g/mol. The topological polar surface area (TPSA) is 51.5 Å². The second-order valence-corrected chi connectivity index (χ2v) is 9.37. The molecule has 5 nitrogen and oxygen atoms in total. The number of benzene rings is 2. The number of rotatable bonds is 4. The highest BCUT2D eigenvalue weighted by Crippen LogP contribution is 2.37. The first-order chi connectivity index (χ1) is 16.5. The zero-order chi connectivity index (χ0) is 25.6. The van der Waals surface area contributed by atoms with Gasteiger partial charge in [0.25, 0.3) is 0 Å². The van der Waals surface area contributed by atoms with E-state index in [2.05, 4.69) is 63.5 Å². The first-order valence-electron chi connectivity index (χ1n) is 11.7. The van der Waals surface area contributed by atoms with Gasteiger partial charge in [0.05, 0.1) is 12.8 Å². The summed E-state index contributed by atoms with van der Waals surface area (Å²) in [4.78, 5) is 28.0. The first kappa shape index (κ1) is 24.3. The van der Waals surface area contributed by atoms with Crippen LogP contribution >= 0.6 is 0 Å². The van der Waals surface area contributed by atoms with E-state index in [1.165, 1.54) is 18.2 Å². The largest absolute Gasteiger partial charge is 0.465 e. The number of ketones is 1. The zero-order valence-electron chi connectivity index (χ0n) is 21.7. The van der Waals surface area contributed by atoms with E-state index in [1.807, 2.05) is 36.1 Å². The van der Waals surface area contributed by atoms with Gasteiger partial charge in [-0.3, -0.25) is 4.79 Å². The van der Waals surface area contributed by atoms with E-state index in [4.69, 9.17) is 4.74 Å². The van der Waals surface area contributed by atoms with E-state index in [0.29, 0.717) is 11.4 Å². The van der Waals surface area contributed by atoms with Crippen LogP contribution < -0.4 is 4.90 Å². The molecule has 2 heterocycles. The number of methoxy groups -OCH3 is 1. The number of carbonyl (C=O) groups is 2. The molecule has 2 aromatic carbocycles. The van der Waals surface area contributed by atoms with Gasteiger partial charge in [-0.1, -0.05) is 23.8 Å². The molecule has 1 aliphatic heterocycles. The van der Waals surface area contributed by atoms with E-state index < -0.39 is 5.97 Å². The standard InChI is InChI=1S/C30H32N2O3/c1-17-9-12-26(20(4)13-17)31-21(5)15-24(22(31)6)16-27-29(33)28(30(34)35-8)23(7)32(27)25-11-10-18(2)19(3)14-25/h9-16H,1-8H3/b27-16-. The van der Waals surface area contributed by atoms with Gasteiger partial charge in [-0.25, -0.2) is 4.79 Å². The molecule has 0 bridgehead atoms. The van der Waals surface area contributed by atoms with Crippen LogP contribution in [0.5, 0.6) is 0 Å². The van der Waals surface area contributed by atoms with Gasteiger partial charge >= 0.3 is 5.97 Å². The fraction of sp³-hybridized carbons (Fsp3) is 0.267. The summed E-state index contributed by atoms with van der Waals surface area (Å²) in [5.41, 5.74) is 10.7. The minimum Gasteiger partial charge on any atom is -0.465 e. The highest BCUT2D eigenvalue weighted by Gasteiger charge is 2.38. The van der Waals surface area contributed by atoms with Gasteiger partial charge in [-0.15, -0.1) is 0 Å². The molecule has 0 saturated heterocycles. The maximum absolute atomic E-state index is 13.5. The molecule has 0 radical (unpaired) electrons. The second-order valence-electron chi connectivity index (χ2n) is 9.37. The predicted molar refractivity (Wildman–Crippen MR) is 141 cm³/mol. The van der Waals surface area contributed by atoms with Gasteiger partial charge in [0, 0.05) is 28.5 Å². The van der Waals surface area contributed by atoms with Crippen molar-refractivity contribution >= 4 is 23.5 Å². The number of aromatic nitrogens is 1. The number of hydrogen-bond donors (Lipinski definition) is 0. The zero-order valence-corrected chi connectivity index (χ0v) is 21.7. The van der Waals surface area contributed by atoms with Crippen LogP contribution in [0, 0.1) is 41.5 Å². The Kier molecular flexibility index (Phi) is 6.28. The highest BCUT2D eigenvalue weighted by molar-refractivity contribution is 6.30. The third kappa shape index (κ3) is 4.12. The number of esters is 1. The van der Waals surface area contributed by atoms with Crippen molar-refractivity contribution < 1.29 is 14.3 Å². The van der Waals surface area contributed by atoms with Gasteiger partial charge in [0.1, 0.15) is 5.57 Å². The highest BCUT2D eigenvalue weighted by atomic mass is 16.5. The molecule has 0 N–H and O–H groups in total. The molecule has 0 atom stereocenters. The number of aryl methyl sites for hydroxylation is 5. The van der Waals surface area contributed by atoms with E-state index >= 15 is 0 Å². The number of nitrogens with zero attached hydrogens (tertiary/aromatic N) is 2. The van der Waals surface area contributed by atoms with Gasteiger partial charge in [0.2, 0.25) is 5.78 Å². The molecule has 0 saturated carbocycles. The molecule has 1 aromatic heterocycles. The Morgan fingerprint density at radius 3 is 2.20 bits per heavy atom. The van der Waals surface area contributed by atoms with E-state index in [1.54, 1.807) is 6.92 Å². The third-order valence-corrected chi connectivity index (χ3v) is 6.89. The van der Waals surface area contributed by atoms with Crippen LogP contribution in [-0.4, -0.2) is 23.4 Å². The lowest BCUT2D eigenvalue weighted by molar-refractivity contribution is -0.137. The lowest BCUT2D eigenvalue weighted by atomic mass is 10.1. The molecule has 0 spiro atoms. The summed E-state index contributed by atoms with van der Waals surface area (Å²) in [6.07, 6.45) is 1.89. The predicted octanol–water partition coefficient (Wildman–Crippen LogP) is 6.21. The van der Waals surface area contributed by atoms with Crippen molar-refractivity contribution in [3.63, 3.8) is 0 Å². The Morgan fingerprint density at radius 2 is 1.57 bits per heavy atom. The lowest BCUT2D eigenvalue weighted by Gasteiger charge is -2.22. The molecule has 3 aromatic rings. The van der Waals surface area contributed by atoms with E-state index in [0.717, 1.165) is 39.5 Å². The fourth-order valence-corrected chi connectivity index (χ4v) is 4.86. The molecule has 1 aliphatic rings. The SMILES string of the molecule is COC(=O)C1=C(C)N(c2ccc(C)c(C)c2)/C(=C\c2cc(C)n(-c3ccc(C)cc3C)c2C)C1=O.